The highest BCUT2D eigenvalue weighted by molar-refractivity contribution is 7.17. The molecule has 4 aromatic rings. The van der Waals surface area contributed by atoms with Crippen molar-refractivity contribution < 1.29 is 4.79 Å². The molecule has 4 rings (SSSR count). The fraction of sp³-hybridized carbons (Fsp3) is 0.143. The molecule has 0 atom stereocenters. The fourth-order valence-corrected chi connectivity index (χ4v) is 4.72. The van der Waals surface area contributed by atoms with Crippen LogP contribution in [0.15, 0.2) is 60.7 Å². The highest BCUT2D eigenvalue weighted by Crippen LogP contribution is 2.29. The standard InChI is InChI=1S/C21H18ClN3OS2/c22-15-6-3-5-14(13-15)17-9-10-19(27-17)21(26)24-12-4-11-23-20-16-7-1-2-8-18(16)28-25-20/h1-3,5-10,13H,4,11-12H2,(H,23,25)(H,24,26). The Labute approximate surface area is 176 Å². The van der Waals surface area contributed by atoms with E-state index in [9.17, 15) is 4.79 Å². The molecule has 0 aliphatic heterocycles. The number of carbonyl (C=O) groups is 1. The third-order valence-corrected chi connectivity index (χ3v) is 6.44. The minimum Gasteiger partial charge on any atom is -0.369 e. The summed E-state index contributed by atoms with van der Waals surface area (Å²) in [6.07, 6.45) is 0.824. The first kappa shape index (κ1) is 18.9. The van der Waals surface area contributed by atoms with Gasteiger partial charge in [-0.3, -0.25) is 4.79 Å². The molecule has 2 heterocycles. The minimum atomic E-state index is -0.0441. The lowest BCUT2D eigenvalue weighted by Crippen LogP contribution is -2.25. The first-order valence-electron chi connectivity index (χ1n) is 8.93. The summed E-state index contributed by atoms with van der Waals surface area (Å²) in [5, 5.41) is 8.16. The van der Waals surface area contributed by atoms with Gasteiger partial charge in [-0.15, -0.1) is 11.3 Å². The van der Waals surface area contributed by atoms with Gasteiger partial charge in [0.15, 0.2) is 0 Å². The number of nitrogens with zero attached hydrogens (tertiary/aromatic N) is 1. The second-order valence-corrected chi connectivity index (χ2v) is 8.56. The van der Waals surface area contributed by atoms with E-state index in [1.54, 1.807) is 0 Å². The van der Waals surface area contributed by atoms with Gasteiger partial charge in [0.1, 0.15) is 5.82 Å². The van der Waals surface area contributed by atoms with Crippen LogP contribution in [-0.2, 0) is 0 Å². The van der Waals surface area contributed by atoms with E-state index in [0.717, 1.165) is 34.6 Å². The summed E-state index contributed by atoms with van der Waals surface area (Å²) in [5.41, 5.74) is 1.02. The average Bonchev–Trinajstić information content (AvgIpc) is 3.35. The summed E-state index contributed by atoms with van der Waals surface area (Å²) < 4.78 is 5.62. The molecule has 0 radical (unpaired) electrons. The van der Waals surface area contributed by atoms with Gasteiger partial charge in [-0.1, -0.05) is 35.9 Å². The molecule has 2 aromatic heterocycles. The second kappa shape index (κ2) is 8.73. The van der Waals surface area contributed by atoms with Gasteiger partial charge in [-0.2, -0.15) is 4.37 Å². The lowest BCUT2D eigenvalue weighted by molar-refractivity contribution is 0.0957. The monoisotopic (exact) mass is 427 g/mol. The Kier molecular flexibility index (Phi) is 5.90. The molecule has 0 saturated heterocycles. The van der Waals surface area contributed by atoms with Crippen molar-refractivity contribution >= 4 is 56.3 Å². The van der Waals surface area contributed by atoms with Crippen LogP contribution in [0.2, 0.25) is 5.02 Å². The van der Waals surface area contributed by atoms with Crippen molar-refractivity contribution in [3.63, 3.8) is 0 Å². The smallest absolute Gasteiger partial charge is 0.261 e. The molecule has 0 spiro atoms. The Morgan fingerprint density at radius 3 is 2.82 bits per heavy atom. The molecule has 2 N–H and O–H groups in total. The number of hydrogen-bond donors (Lipinski definition) is 2. The molecule has 0 aliphatic rings. The summed E-state index contributed by atoms with van der Waals surface area (Å²) in [4.78, 5) is 14.1. The summed E-state index contributed by atoms with van der Waals surface area (Å²) in [7, 11) is 0. The highest BCUT2D eigenvalue weighted by Gasteiger charge is 2.10. The van der Waals surface area contributed by atoms with Crippen LogP contribution in [0.25, 0.3) is 20.5 Å². The third-order valence-electron chi connectivity index (χ3n) is 4.25. The van der Waals surface area contributed by atoms with E-state index >= 15 is 0 Å². The zero-order valence-electron chi connectivity index (χ0n) is 14.9. The van der Waals surface area contributed by atoms with Gasteiger partial charge in [-0.25, -0.2) is 0 Å². The van der Waals surface area contributed by atoms with E-state index in [-0.39, 0.29) is 5.91 Å². The Balaban J connectivity index is 1.26. The lowest BCUT2D eigenvalue weighted by Gasteiger charge is -2.05. The van der Waals surface area contributed by atoms with Gasteiger partial charge < -0.3 is 10.6 Å². The quantitative estimate of drug-likeness (QED) is 0.360. The maximum absolute atomic E-state index is 12.4. The number of thiophene rings is 1. The van der Waals surface area contributed by atoms with Gasteiger partial charge in [0, 0.05) is 28.4 Å². The van der Waals surface area contributed by atoms with Crippen LogP contribution in [0.3, 0.4) is 0 Å². The van der Waals surface area contributed by atoms with Crippen LogP contribution in [0, 0.1) is 0 Å². The first-order chi connectivity index (χ1) is 13.7. The summed E-state index contributed by atoms with van der Waals surface area (Å²) in [5.74, 6) is 0.869. The normalized spacial score (nSPS) is 10.9. The topological polar surface area (TPSA) is 54.0 Å². The zero-order chi connectivity index (χ0) is 19.3. The molecule has 0 fully saturated rings. The zero-order valence-corrected chi connectivity index (χ0v) is 17.3. The summed E-state index contributed by atoms with van der Waals surface area (Å²) in [6, 6.07) is 19.6. The number of amides is 1. The molecule has 0 saturated carbocycles. The number of fused-ring (bicyclic) bond motifs is 1. The van der Waals surface area contributed by atoms with Crippen LogP contribution in [0.5, 0.6) is 0 Å². The predicted molar refractivity (Wildman–Crippen MR) is 120 cm³/mol. The average molecular weight is 428 g/mol. The second-order valence-electron chi connectivity index (χ2n) is 6.24. The van der Waals surface area contributed by atoms with Crippen molar-refractivity contribution in [3.05, 3.63) is 70.6 Å². The maximum Gasteiger partial charge on any atom is 0.261 e. The molecule has 0 bridgehead atoms. The van der Waals surface area contributed by atoms with Crippen molar-refractivity contribution in [3.8, 4) is 10.4 Å². The number of carbonyl (C=O) groups excluding carboxylic acids is 1. The first-order valence-corrected chi connectivity index (χ1v) is 10.9. The van der Waals surface area contributed by atoms with E-state index < -0.39 is 0 Å². The summed E-state index contributed by atoms with van der Waals surface area (Å²) in [6.45, 7) is 1.37. The van der Waals surface area contributed by atoms with Gasteiger partial charge in [0.25, 0.3) is 5.91 Å². The number of nitrogens with one attached hydrogen (secondary N) is 2. The van der Waals surface area contributed by atoms with Crippen molar-refractivity contribution in [1.29, 1.82) is 0 Å². The van der Waals surface area contributed by atoms with Crippen LogP contribution in [0.4, 0.5) is 5.82 Å². The van der Waals surface area contributed by atoms with E-state index in [1.165, 1.54) is 27.6 Å². The predicted octanol–water partition coefficient (Wildman–Crippen LogP) is 5.91. The number of benzene rings is 2. The summed E-state index contributed by atoms with van der Waals surface area (Å²) >= 11 is 9.01. The maximum atomic E-state index is 12.4. The Hall–Kier alpha value is -2.41. The van der Waals surface area contributed by atoms with Crippen molar-refractivity contribution in [2.24, 2.45) is 0 Å². The number of hydrogen-bond acceptors (Lipinski definition) is 5. The molecule has 0 unspecified atom stereocenters. The largest absolute Gasteiger partial charge is 0.369 e. The lowest BCUT2D eigenvalue weighted by atomic mass is 10.2. The van der Waals surface area contributed by atoms with Crippen LogP contribution in [-0.4, -0.2) is 23.4 Å². The molecular formula is C21H18ClN3OS2. The van der Waals surface area contributed by atoms with Crippen LogP contribution in [0.1, 0.15) is 16.1 Å². The Morgan fingerprint density at radius 2 is 1.93 bits per heavy atom. The molecule has 142 valence electrons. The number of anilines is 1. The van der Waals surface area contributed by atoms with Crippen molar-refractivity contribution in [1.82, 2.24) is 9.69 Å². The molecule has 7 heteroatoms. The van der Waals surface area contributed by atoms with Gasteiger partial charge in [-0.05, 0) is 59.9 Å². The molecule has 28 heavy (non-hydrogen) atoms. The van der Waals surface area contributed by atoms with E-state index in [2.05, 4.69) is 27.1 Å². The highest BCUT2D eigenvalue weighted by atomic mass is 35.5. The van der Waals surface area contributed by atoms with E-state index in [0.29, 0.717) is 16.4 Å². The fourth-order valence-electron chi connectivity index (χ4n) is 2.85. The van der Waals surface area contributed by atoms with Gasteiger partial charge >= 0.3 is 0 Å². The van der Waals surface area contributed by atoms with Crippen molar-refractivity contribution in [2.75, 3.05) is 18.4 Å². The van der Waals surface area contributed by atoms with Crippen LogP contribution < -0.4 is 10.6 Å². The van der Waals surface area contributed by atoms with E-state index in [4.69, 9.17) is 11.6 Å². The van der Waals surface area contributed by atoms with Crippen molar-refractivity contribution in [2.45, 2.75) is 6.42 Å². The Bertz CT molecular complexity index is 1110. The number of rotatable bonds is 7. The number of aromatic nitrogens is 1. The minimum absolute atomic E-state index is 0.0441. The van der Waals surface area contributed by atoms with E-state index in [1.807, 2.05) is 48.5 Å². The third kappa shape index (κ3) is 4.35. The van der Waals surface area contributed by atoms with Gasteiger partial charge in [0.05, 0.1) is 9.58 Å². The molecule has 4 nitrogen and oxygen atoms in total. The SMILES string of the molecule is O=C(NCCCNc1nsc2ccccc12)c1ccc(-c2cccc(Cl)c2)s1. The molecule has 1 amide bonds. The van der Waals surface area contributed by atoms with Gasteiger partial charge in [0.2, 0.25) is 0 Å². The van der Waals surface area contributed by atoms with Crippen LogP contribution >= 0.6 is 34.5 Å². The molecule has 0 aliphatic carbocycles. The number of halogens is 1. The molecule has 2 aromatic carbocycles. The Morgan fingerprint density at radius 1 is 1.04 bits per heavy atom. The molecular weight excluding hydrogens is 410 g/mol.